The monoisotopic (exact) mass is 380 g/mol. The summed E-state index contributed by atoms with van der Waals surface area (Å²) in [5, 5.41) is 3.53. The Kier molecular flexibility index (Phi) is 7.02. The second-order valence-electron chi connectivity index (χ2n) is 6.79. The van der Waals surface area contributed by atoms with E-state index in [1.165, 1.54) is 0 Å². The van der Waals surface area contributed by atoms with Crippen LogP contribution in [-0.4, -0.2) is 68.7 Å². The number of nitrogens with one attached hydrogen (secondary N) is 1. The minimum atomic E-state index is -0.0598. The van der Waals surface area contributed by atoms with E-state index in [-0.39, 0.29) is 23.7 Å². The van der Waals surface area contributed by atoms with Crippen LogP contribution in [0, 0.1) is 5.92 Å². The molecule has 2 aliphatic heterocycles. The number of piperidine rings is 1. The molecule has 0 aliphatic carbocycles. The van der Waals surface area contributed by atoms with E-state index >= 15 is 0 Å². The summed E-state index contributed by atoms with van der Waals surface area (Å²) >= 11 is 5.87. The van der Waals surface area contributed by atoms with Crippen molar-refractivity contribution in [3.8, 4) is 0 Å². The fourth-order valence-electron chi connectivity index (χ4n) is 3.34. The minimum absolute atomic E-state index is 0.0124. The Bertz CT molecular complexity index is 608. The molecule has 1 N–H and O–H groups in total. The van der Waals surface area contributed by atoms with Crippen molar-refractivity contribution in [1.29, 1.82) is 0 Å². The van der Waals surface area contributed by atoms with Crippen LogP contribution in [0.4, 0.5) is 0 Å². The average Bonchev–Trinajstić information content (AvgIpc) is 2.68. The number of benzene rings is 1. The van der Waals surface area contributed by atoms with Gasteiger partial charge in [0.1, 0.15) is 0 Å². The highest BCUT2D eigenvalue weighted by atomic mass is 35.5. The molecular weight excluding hydrogens is 356 g/mol. The van der Waals surface area contributed by atoms with Gasteiger partial charge < -0.3 is 14.8 Å². The molecule has 3 rings (SSSR count). The lowest BCUT2D eigenvalue weighted by Gasteiger charge is -2.31. The van der Waals surface area contributed by atoms with Crippen molar-refractivity contribution in [2.24, 2.45) is 5.92 Å². The van der Waals surface area contributed by atoms with Gasteiger partial charge in [-0.3, -0.25) is 14.5 Å². The van der Waals surface area contributed by atoms with Crippen molar-refractivity contribution in [3.05, 3.63) is 34.9 Å². The van der Waals surface area contributed by atoms with E-state index in [0.717, 1.165) is 25.9 Å². The first kappa shape index (κ1) is 19.3. The first-order valence-electron chi connectivity index (χ1n) is 9.10. The third-order valence-corrected chi connectivity index (χ3v) is 5.12. The number of amides is 1. The Morgan fingerprint density at radius 3 is 2.54 bits per heavy atom. The maximum Gasteiger partial charge on any atom is 0.234 e. The van der Waals surface area contributed by atoms with Crippen molar-refractivity contribution in [3.63, 3.8) is 0 Å². The van der Waals surface area contributed by atoms with Gasteiger partial charge in [-0.15, -0.1) is 0 Å². The molecule has 0 aromatic heterocycles. The summed E-state index contributed by atoms with van der Waals surface area (Å²) in [5.41, 5.74) is 0.709. The van der Waals surface area contributed by atoms with Gasteiger partial charge in [0.05, 0.1) is 32.5 Å². The molecular formula is C19H25ClN2O4. The van der Waals surface area contributed by atoms with Crippen molar-refractivity contribution >= 4 is 23.3 Å². The van der Waals surface area contributed by atoms with Crippen LogP contribution in [-0.2, 0) is 14.3 Å². The Hall–Kier alpha value is -1.47. The third kappa shape index (κ3) is 5.51. The summed E-state index contributed by atoms with van der Waals surface area (Å²) in [6.45, 7) is 4.06. The molecule has 0 unspecified atom stereocenters. The lowest BCUT2D eigenvalue weighted by Crippen LogP contribution is -2.45. The standard InChI is InChI=1S/C19H25ClN2O4/c20-16-3-1-14(2-4-16)19(24)15-5-7-22(8-6-15)12-18(23)21-11-17-13-25-9-10-26-17/h1-4,15,17H,5-13H2,(H,21,23)/t17-/m1/s1. The van der Waals surface area contributed by atoms with Crippen LogP contribution in [0.5, 0.6) is 0 Å². The van der Waals surface area contributed by atoms with E-state index in [1.807, 2.05) is 0 Å². The average molecular weight is 381 g/mol. The number of hydrogen-bond donors (Lipinski definition) is 1. The number of ketones is 1. The molecule has 2 saturated heterocycles. The first-order valence-corrected chi connectivity index (χ1v) is 9.48. The van der Waals surface area contributed by atoms with Gasteiger partial charge >= 0.3 is 0 Å². The number of carbonyl (C=O) groups excluding carboxylic acids is 2. The van der Waals surface area contributed by atoms with Crippen LogP contribution in [0.2, 0.25) is 5.02 Å². The zero-order chi connectivity index (χ0) is 18.4. The zero-order valence-corrected chi connectivity index (χ0v) is 15.5. The predicted octanol–water partition coefficient (Wildman–Crippen LogP) is 1.77. The molecule has 7 heteroatoms. The molecule has 6 nitrogen and oxygen atoms in total. The second-order valence-corrected chi connectivity index (χ2v) is 7.23. The number of carbonyl (C=O) groups is 2. The van der Waals surface area contributed by atoms with Crippen LogP contribution < -0.4 is 5.32 Å². The number of rotatable bonds is 6. The van der Waals surface area contributed by atoms with E-state index in [1.54, 1.807) is 24.3 Å². The Balaban J connectivity index is 1.38. The molecule has 0 saturated carbocycles. The number of nitrogens with zero attached hydrogens (tertiary/aromatic N) is 1. The molecule has 0 spiro atoms. The van der Waals surface area contributed by atoms with Gasteiger partial charge in [-0.25, -0.2) is 0 Å². The van der Waals surface area contributed by atoms with Gasteiger partial charge in [0.15, 0.2) is 5.78 Å². The fraction of sp³-hybridized carbons (Fsp3) is 0.579. The van der Waals surface area contributed by atoms with E-state index in [2.05, 4.69) is 10.2 Å². The van der Waals surface area contributed by atoms with E-state index in [4.69, 9.17) is 21.1 Å². The maximum absolute atomic E-state index is 12.6. The van der Waals surface area contributed by atoms with Crippen LogP contribution >= 0.6 is 11.6 Å². The summed E-state index contributed by atoms with van der Waals surface area (Å²) in [6, 6.07) is 7.05. The fourth-order valence-corrected chi connectivity index (χ4v) is 3.47. The predicted molar refractivity (Wildman–Crippen MR) is 98.5 cm³/mol. The van der Waals surface area contributed by atoms with E-state index in [0.29, 0.717) is 43.5 Å². The Labute approximate surface area is 158 Å². The maximum atomic E-state index is 12.6. The lowest BCUT2D eigenvalue weighted by molar-refractivity contribution is -0.125. The Morgan fingerprint density at radius 2 is 1.88 bits per heavy atom. The van der Waals surface area contributed by atoms with Crippen molar-refractivity contribution < 1.29 is 19.1 Å². The first-order chi connectivity index (χ1) is 12.6. The number of Topliss-reactive ketones (excluding diaryl/α,β-unsaturated/α-hetero) is 1. The van der Waals surface area contributed by atoms with Gasteiger partial charge in [-0.05, 0) is 50.2 Å². The number of halogens is 1. The van der Waals surface area contributed by atoms with Crippen molar-refractivity contribution in [2.75, 3.05) is 46.0 Å². The molecule has 2 fully saturated rings. The molecule has 1 amide bonds. The van der Waals surface area contributed by atoms with Gasteiger partial charge in [0, 0.05) is 23.0 Å². The minimum Gasteiger partial charge on any atom is -0.376 e. The Morgan fingerprint density at radius 1 is 1.15 bits per heavy atom. The molecule has 142 valence electrons. The van der Waals surface area contributed by atoms with Gasteiger partial charge in [0.25, 0.3) is 0 Å². The zero-order valence-electron chi connectivity index (χ0n) is 14.8. The summed E-state index contributed by atoms with van der Waals surface area (Å²) in [6.07, 6.45) is 1.48. The van der Waals surface area contributed by atoms with Crippen LogP contribution in [0.25, 0.3) is 0 Å². The quantitative estimate of drug-likeness (QED) is 0.762. The molecule has 1 atom stereocenters. The topological polar surface area (TPSA) is 67.9 Å². The van der Waals surface area contributed by atoms with E-state index in [9.17, 15) is 9.59 Å². The van der Waals surface area contributed by atoms with Crippen LogP contribution in [0.3, 0.4) is 0 Å². The highest BCUT2D eigenvalue weighted by Crippen LogP contribution is 2.22. The molecule has 2 heterocycles. The van der Waals surface area contributed by atoms with Crippen LogP contribution in [0.15, 0.2) is 24.3 Å². The highest BCUT2D eigenvalue weighted by molar-refractivity contribution is 6.30. The molecule has 1 aromatic carbocycles. The number of hydrogen-bond acceptors (Lipinski definition) is 5. The summed E-state index contributed by atoms with van der Waals surface area (Å²) < 4.78 is 10.8. The summed E-state index contributed by atoms with van der Waals surface area (Å²) in [4.78, 5) is 26.7. The summed E-state index contributed by atoms with van der Waals surface area (Å²) in [7, 11) is 0. The smallest absolute Gasteiger partial charge is 0.234 e. The van der Waals surface area contributed by atoms with Crippen molar-refractivity contribution in [1.82, 2.24) is 10.2 Å². The normalized spacial score (nSPS) is 22.1. The molecule has 0 bridgehead atoms. The van der Waals surface area contributed by atoms with Gasteiger partial charge in [-0.1, -0.05) is 11.6 Å². The largest absolute Gasteiger partial charge is 0.376 e. The van der Waals surface area contributed by atoms with E-state index < -0.39 is 0 Å². The lowest BCUT2D eigenvalue weighted by atomic mass is 9.89. The summed E-state index contributed by atoms with van der Waals surface area (Å²) in [5.74, 6) is 0.171. The second kappa shape index (κ2) is 9.46. The molecule has 26 heavy (non-hydrogen) atoms. The SMILES string of the molecule is O=C(CN1CCC(C(=O)c2ccc(Cl)cc2)CC1)NC[C@@H]1COCCO1. The number of ether oxygens (including phenoxy) is 2. The molecule has 0 radical (unpaired) electrons. The van der Waals surface area contributed by atoms with Gasteiger partial charge in [0.2, 0.25) is 5.91 Å². The molecule has 1 aromatic rings. The van der Waals surface area contributed by atoms with Crippen molar-refractivity contribution in [2.45, 2.75) is 18.9 Å². The number of likely N-dealkylation sites (tertiary alicyclic amines) is 1. The highest BCUT2D eigenvalue weighted by Gasteiger charge is 2.26. The molecule has 2 aliphatic rings. The van der Waals surface area contributed by atoms with Gasteiger partial charge in [-0.2, -0.15) is 0 Å². The third-order valence-electron chi connectivity index (χ3n) is 4.87. The van der Waals surface area contributed by atoms with Crippen LogP contribution in [0.1, 0.15) is 23.2 Å².